The van der Waals surface area contributed by atoms with E-state index in [-0.39, 0.29) is 11.3 Å². The molecule has 0 aliphatic carbocycles. The van der Waals surface area contributed by atoms with Crippen molar-refractivity contribution in [2.24, 2.45) is 0 Å². The lowest BCUT2D eigenvalue weighted by molar-refractivity contribution is 0.0173. The van der Waals surface area contributed by atoms with Crippen LogP contribution in [-0.4, -0.2) is 32.7 Å². The van der Waals surface area contributed by atoms with Gasteiger partial charge in [0.2, 0.25) is 0 Å². The average Bonchev–Trinajstić information content (AvgIpc) is 2.27. The summed E-state index contributed by atoms with van der Waals surface area (Å²) in [5, 5.41) is 28.8. The Morgan fingerprint density at radius 3 is 2.53 bits per heavy atom. The largest absolute Gasteiger partial charge is 0.478 e. The summed E-state index contributed by atoms with van der Waals surface area (Å²) in [6, 6.07) is 4.06. The summed E-state index contributed by atoms with van der Waals surface area (Å²) in [6.07, 6.45) is -1.75. The van der Waals surface area contributed by atoms with E-state index in [2.05, 4.69) is 15.9 Å². The van der Waals surface area contributed by atoms with Gasteiger partial charge in [0.25, 0.3) is 0 Å². The number of hydrogen-bond acceptors (Lipinski definition) is 4. The highest BCUT2D eigenvalue weighted by atomic mass is 79.9. The second-order valence-corrected chi connectivity index (χ2v) is 4.48. The standard InChI is InChI=1S/C11H14BrNO4/c12-2-1-9(14)10(15)6-3-7(11(16)17)5-8(13)4-6/h3-5,9-10,14-15H,1-2,13H2,(H,16,17). The molecule has 2 unspecified atom stereocenters. The maximum atomic E-state index is 10.8. The van der Waals surface area contributed by atoms with E-state index in [1.807, 2.05) is 0 Å². The predicted molar refractivity (Wildman–Crippen MR) is 67.2 cm³/mol. The fourth-order valence-electron chi connectivity index (χ4n) is 1.46. The van der Waals surface area contributed by atoms with E-state index in [4.69, 9.17) is 10.8 Å². The summed E-state index contributed by atoms with van der Waals surface area (Å²) in [6.45, 7) is 0. The molecule has 0 spiro atoms. The van der Waals surface area contributed by atoms with Crippen LogP contribution in [0.5, 0.6) is 0 Å². The molecule has 0 fully saturated rings. The van der Waals surface area contributed by atoms with Crippen molar-refractivity contribution in [2.75, 3.05) is 11.1 Å². The van der Waals surface area contributed by atoms with Crippen molar-refractivity contribution < 1.29 is 20.1 Å². The number of alkyl halides is 1. The SMILES string of the molecule is Nc1cc(C(=O)O)cc(C(O)C(O)CCBr)c1. The summed E-state index contributed by atoms with van der Waals surface area (Å²) < 4.78 is 0. The Morgan fingerprint density at radius 1 is 1.35 bits per heavy atom. The Kier molecular flexibility index (Phi) is 4.92. The topological polar surface area (TPSA) is 104 Å². The number of rotatable bonds is 5. The lowest BCUT2D eigenvalue weighted by Gasteiger charge is -2.18. The molecule has 1 aromatic carbocycles. The number of aliphatic hydroxyl groups excluding tert-OH is 2. The maximum Gasteiger partial charge on any atom is 0.335 e. The molecule has 0 aliphatic heterocycles. The van der Waals surface area contributed by atoms with Crippen LogP contribution >= 0.6 is 15.9 Å². The molecule has 5 nitrogen and oxygen atoms in total. The van der Waals surface area contributed by atoms with E-state index in [1.165, 1.54) is 18.2 Å². The molecule has 0 amide bonds. The summed E-state index contributed by atoms with van der Waals surface area (Å²) in [5.74, 6) is -1.12. The number of benzene rings is 1. The highest BCUT2D eigenvalue weighted by Crippen LogP contribution is 2.23. The molecule has 0 aliphatic rings. The number of nitrogens with two attached hydrogens (primary N) is 1. The third-order valence-electron chi connectivity index (χ3n) is 2.34. The van der Waals surface area contributed by atoms with Gasteiger partial charge in [0, 0.05) is 11.0 Å². The molecular formula is C11H14BrNO4. The number of carboxylic acid groups (broad SMARTS) is 1. The highest BCUT2D eigenvalue weighted by molar-refractivity contribution is 9.09. The minimum absolute atomic E-state index is 0.00917. The number of halogens is 1. The molecule has 1 aromatic rings. The summed E-state index contributed by atoms with van der Waals surface area (Å²) in [7, 11) is 0. The van der Waals surface area contributed by atoms with E-state index in [9.17, 15) is 15.0 Å². The van der Waals surface area contributed by atoms with Crippen LogP contribution in [0.1, 0.15) is 28.4 Å². The molecular weight excluding hydrogens is 290 g/mol. The van der Waals surface area contributed by atoms with Crippen LogP contribution in [0.15, 0.2) is 18.2 Å². The summed E-state index contributed by atoms with van der Waals surface area (Å²) in [5.41, 5.74) is 6.08. The second-order valence-electron chi connectivity index (χ2n) is 3.68. The number of nitrogen functional groups attached to an aromatic ring is 1. The van der Waals surface area contributed by atoms with Gasteiger partial charge in [-0.05, 0) is 30.2 Å². The molecule has 0 heterocycles. The Labute approximate surface area is 107 Å². The van der Waals surface area contributed by atoms with Gasteiger partial charge in [-0.2, -0.15) is 0 Å². The third kappa shape index (κ3) is 3.69. The van der Waals surface area contributed by atoms with Crippen molar-refractivity contribution in [3.8, 4) is 0 Å². The van der Waals surface area contributed by atoms with Gasteiger partial charge < -0.3 is 21.1 Å². The van der Waals surface area contributed by atoms with Gasteiger partial charge in [-0.3, -0.25) is 0 Å². The first-order valence-corrected chi connectivity index (χ1v) is 6.13. The maximum absolute atomic E-state index is 10.8. The highest BCUT2D eigenvalue weighted by Gasteiger charge is 2.19. The molecule has 0 aromatic heterocycles. The fraction of sp³-hybridized carbons (Fsp3) is 0.364. The number of carbonyl (C=O) groups is 1. The van der Waals surface area contributed by atoms with Crippen molar-refractivity contribution in [3.05, 3.63) is 29.3 Å². The van der Waals surface area contributed by atoms with E-state index in [1.54, 1.807) is 0 Å². The van der Waals surface area contributed by atoms with E-state index in [0.717, 1.165) is 0 Å². The fourth-order valence-corrected chi connectivity index (χ4v) is 1.93. The van der Waals surface area contributed by atoms with Gasteiger partial charge in [-0.15, -0.1) is 0 Å². The third-order valence-corrected chi connectivity index (χ3v) is 2.79. The molecule has 0 bridgehead atoms. The van der Waals surface area contributed by atoms with Crippen LogP contribution in [0.3, 0.4) is 0 Å². The number of aromatic carboxylic acids is 1. The van der Waals surface area contributed by atoms with E-state index < -0.39 is 18.2 Å². The summed E-state index contributed by atoms with van der Waals surface area (Å²) in [4.78, 5) is 10.8. The zero-order valence-electron chi connectivity index (χ0n) is 9.01. The van der Waals surface area contributed by atoms with Crippen molar-refractivity contribution in [2.45, 2.75) is 18.6 Å². The van der Waals surface area contributed by atoms with Crippen LogP contribution in [0.2, 0.25) is 0 Å². The molecule has 6 heteroatoms. The minimum atomic E-state index is -1.14. The zero-order chi connectivity index (χ0) is 13.0. The van der Waals surface area contributed by atoms with Gasteiger partial charge in [-0.25, -0.2) is 4.79 Å². The van der Waals surface area contributed by atoms with E-state index >= 15 is 0 Å². The number of hydrogen-bond donors (Lipinski definition) is 4. The molecule has 0 radical (unpaired) electrons. The molecule has 0 saturated heterocycles. The Bertz CT molecular complexity index is 410. The second kappa shape index (κ2) is 6.00. The molecule has 2 atom stereocenters. The average molecular weight is 304 g/mol. The number of aliphatic hydroxyl groups is 2. The molecule has 5 N–H and O–H groups in total. The predicted octanol–water partition coefficient (Wildman–Crippen LogP) is 1.15. The Balaban J connectivity index is 3.01. The van der Waals surface area contributed by atoms with Crippen LogP contribution in [0.4, 0.5) is 5.69 Å². The van der Waals surface area contributed by atoms with Crippen LogP contribution in [-0.2, 0) is 0 Å². The van der Waals surface area contributed by atoms with Crippen molar-refractivity contribution in [3.63, 3.8) is 0 Å². The minimum Gasteiger partial charge on any atom is -0.478 e. The van der Waals surface area contributed by atoms with Gasteiger partial charge in [0.1, 0.15) is 6.10 Å². The smallest absolute Gasteiger partial charge is 0.335 e. The summed E-state index contributed by atoms with van der Waals surface area (Å²) >= 11 is 3.15. The lowest BCUT2D eigenvalue weighted by atomic mass is 10.00. The molecule has 0 saturated carbocycles. The normalized spacial score (nSPS) is 14.3. The van der Waals surface area contributed by atoms with E-state index in [0.29, 0.717) is 17.3 Å². The first-order valence-electron chi connectivity index (χ1n) is 5.01. The zero-order valence-corrected chi connectivity index (χ0v) is 10.6. The first kappa shape index (κ1) is 14.0. The number of anilines is 1. The van der Waals surface area contributed by atoms with Crippen LogP contribution < -0.4 is 5.73 Å². The Hall–Kier alpha value is -1.11. The van der Waals surface area contributed by atoms with Crippen molar-refractivity contribution in [1.29, 1.82) is 0 Å². The number of carboxylic acids is 1. The Morgan fingerprint density at radius 2 is 2.00 bits per heavy atom. The first-order chi connectivity index (χ1) is 7.95. The monoisotopic (exact) mass is 303 g/mol. The van der Waals surface area contributed by atoms with Crippen LogP contribution in [0, 0.1) is 0 Å². The molecule has 1 rings (SSSR count). The van der Waals surface area contributed by atoms with Crippen molar-refractivity contribution in [1.82, 2.24) is 0 Å². The molecule has 17 heavy (non-hydrogen) atoms. The van der Waals surface area contributed by atoms with Crippen LogP contribution in [0.25, 0.3) is 0 Å². The lowest BCUT2D eigenvalue weighted by Crippen LogP contribution is -2.19. The van der Waals surface area contributed by atoms with Gasteiger partial charge >= 0.3 is 5.97 Å². The van der Waals surface area contributed by atoms with Gasteiger partial charge in [0.15, 0.2) is 0 Å². The van der Waals surface area contributed by atoms with Gasteiger partial charge in [0.05, 0.1) is 11.7 Å². The quantitative estimate of drug-likeness (QED) is 0.482. The molecule has 94 valence electrons. The van der Waals surface area contributed by atoms with Gasteiger partial charge in [-0.1, -0.05) is 15.9 Å². The van der Waals surface area contributed by atoms with Crippen molar-refractivity contribution >= 4 is 27.6 Å².